The third-order valence-corrected chi connectivity index (χ3v) is 7.20. The lowest BCUT2D eigenvalue weighted by Crippen LogP contribution is -2.42. The molecule has 0 amide bonds. The number of piperidine rings is 1. The lowest BCUT2D eigenvalue weighted by Gasteiger charge is -2.35. The number of fused-ring (bicyclic) bond motifs is 1. The fraction of sp³-hybridized carbons (Fsp3) is 0.276. The standard InChI is InChI=1S/C29H30N6O3/c1-19(36)35-25-17-21(32-38)9-11-24(25)27(29(35)37)28(20-7-5-4-6-8-20)31-22-10-12-26(30-18-22)34(3)23-13-15-33(2)16-14-23/h4-12,17-18,23,37H,13-16H2,1-3H3. The van der Waals surface area contributed by atoms with Gasteiger partial charge in [-0.05, 0) is 68.5 Å². The second-order valence-corrected chi connectivity index (χ2v) is 9.69. The summed E-state index contributed by atoms with van der Waals surface area (Å²) in [6.07, 6.45) is 3.90. The van der Waals surface area contributed by atoms with Crippen molar-refractivity contribution in [3.8, 4) is 5.88 Å². The van der Waals surface area contributed by atoms with Crippen molar-refractivity contribution < 1.29 is 9.90 Å². The van der Waals surface area contributed by atoms with Gasteiger partial charge in [0.2, 0.25) is 11.8 Å². The Morgan fingerprint density at radius 1 is 1.05 bits per heavy atom. The largest absolute Gasteiger partial charge is 0.494 e. The van der Waals surface area contributed by atoms with Crippen LogP contribution >= 0.6 is 0 Å². The third-order valence-electron chi connectivity index (χ3n) is 7.20. The number of pyridine rings is 1. The fourth-order valence-electron chi connectivity index (χ4n) is 5.08. The molecule has 0 spiro atoms. The highest BCUT2D eigenvalue weighted by atomic mass is 16.3. The Bertz CT molecular complexity index is 1500. The molecule has 9 heteroatoms. The molecule has 1 aliphatic heterocycles. The van der Waals surface area contributed by atoms with Gasteiger partial charge in [-0.3, -0.25) is 9.36 Å². The molecule has 194 valence electrons. The first-order chi connectivity index (χ1) is 18.4. The SMILES string of the molecule is CC(=O)n1c(O)c(C(=Nc2ccc(N(C)C3CCN(C)CC3)nc2)c2ccccc2)c2ccc(N=O)cc21. The minimum atomic E-state index is -0.392. The van der Waals surface area contributed by atoms with Crippen molar-refractivity contribution in [3.05, 3.63) is 82.9 Å². The zero-order chi connectivity index (χ0) is 26.8. The van der Waals surface area contributed by atoms with E-state index in [4.69, 9.17) is 9.98 Å². The zero-order valence-electron chi connectivity index (χ0n) is 21.7. The summed E-state index contributed by atoms with van der Waals surface area (Å²) in [6.45, 7) is 3.49. The number of likely N-dealkylation sites (tertiary alicyclic amines) is 1. The van der Waals surface area contributed by atoms with Gasteiger partial charge < -0.3 is 14.9 Å². The third kappa shape index (κ3) is 4.80. The molecule has 1 N–H and O–H groups in total. The summed E-state index contributed by atoms with van der Waals surface area (Å²) < 4.78 is 1.18. The van der Waals surface area contributed by atoms with Crippen LogP contribution in [0.5, 0.6) is 5.88 Å². The van der Waals surface area contributed by atoms with E-state index in [1.807, 2.05) is 42.5 Å². The number of carbonyl (C=O) groups excluding carboxylic acids is 1. The molecule has 38 heavy (non-hydrogen) atoms. The lowest BCUT2D eigenvalue weighted by molar-refractivity contribution is 0.0933. The Kier molecular flexibility index (Phi) is 7.02. The van der Waals surface area contributed by atoms with Gasteiger partial charge in [0.15, 0.2) is 0 Å². The van der Waals surface area contributed by atoms with E-state index < -0.39 is 5.91 Å². The molecular weight excluding hydrogens is 480 g/mol. The molecule has 1 aliphatic rings. The normalized spacial score (nSPS) is 15.1. The molecular formula is C29H30N6O3. The molecule has 9 nitrogen and oxygen atoms in total. The predicted molar refractivity (Wildman–Crippen MR) is 150 cm³/mol. The monoisotopic (exact) mass is 510 g/mol. The number of rotatable bonds is 6. The van der Waals surface area contributed by atoms with Crippen molar-refractivity contribution in [3.63, 3.8) is 0 Å². The number of aliphatic imine (C=N–C) groups is 1. The fourth-order valence-corrected chi connectivity index (χ4v) is 5.08. The van der Waals surface area contributed by atoms with Crippen LogP contribution in [-0.4, -0.2) is 64.4 Å². The van der Waals surface area contributed by atoms with Crippen LogP contribution in [0.4, 0.5) is 17.2 Å². The van der Waals surface area contributed by atoms with Crippen LogP contribution in [0.3, 0.4) is 0 Å². The molecule has 0 unspecified atom stereocenters. The van der Waals surface area contributed by atoms with Gasteiger partial charge in [0, 0.05) is 31.0 Å². The van der Waals surface area contributed by atoms with Gasteiger partial charge in [0.25, 0.3) is 0 Å². The van der Waals surface area contributed by atoms with E-state index >= 15 is 0 Å². The highest BCUT2D eigenvalue weighted by molar-refractivity contribution is 6.23. The van der Waals surface area contributed by atoms with Gasteiger partial charge in [0.1, 0.15) is 11.5 Å². The summed E-state index contributed by atoms with van der Waals surface area (Å²) in [5.74, 6) is 0.242. The molecule has 1 saturated heterocycles. The Balaban J connectivity index is 1.60. The van der Waals surface area contributed by atoms with Crippen molar-refractivity contribution in [1.82, 2.24) is 14.5 Å². The minimum absolute atomic E-state index is 0.163. The van der Waals surface area contributed by atoms with Crippen molar-refractivity contribution in [2.24, 2.45) is 10.2 Å². The van der Waals surface area contributed by atoms with Crippen molar-refractivity contribution in [2.75, 3.05) is 32.1 Å². The quantitative estimate of drug-likeness (QED) is 0.271. The Morgan fingerprint density at radius 3 is 2.39 bits per heavy atom. The lowest BCUT2D eigenvalue weighted by atomic mass is 10.0. The second-order valence-electron chi connectivity index (χ2n) is 9.69. The number of nitroso groups, excluding NO2 is 1. The van der Waals surface area contributed by atoms with Crippen molar-refractivity contribution in [1.29, 1.82) is 0 Å². The number of aromatic nitrogens is 2. The summed E-state index contributed by atoms with van der Waals surface area (Å²) >= 11 is 0. The average molecular weight is 511 g/mol. The first kappa shape index (κ1) is 25.3. The van der Waals surface area contributed by atoms with Crippen LogP contribution < -0.4 is 4.90 Å². The molecule has 3 heterocycles. The molecule has 0 radical (unpaired) electrons. The summed E-state index contributed by atoms with van der Waals surface area (Å²) in [4.78, 5) is 37.8. The molecule has 0 saturated carbocycles. The number of benzene rings is 2. The average Bonchev–Trinajstić information content (AvgIpc) is 3.23. The topological polar surface area (TPSA) is 103 Å². The molecule has 1 fully saturated rings. The Morgan fingerprint density at radius 2 is 1.76 bits per heavy atom. The summed E-state index contributed by atoms with van der Waals surface area (Å²) in [5, 5.41) is 14.8. The predicted octanol–water partition coefficient (Wildman–Crippen LogP) is 5.50. The molecule has 0 bridgehead atoms. The number of anilines is 1. The highest BCUT2D eigenvalue weighted by Gasteiger charge is 2.25. The maximum absolute atomic E-state index is 12.5. The van der Waals surface area contributed by atoms with E-state index in [9.17, 15) is 14.8 Å². The maximum atomic E-state index is 12.5. The van der Waals surface area contributed by atoms with Crippen LogP contribution in [0.15, 0.2) is 77.0 Å². The molecule has 2 aromatic carbocycles. The van der Waals surface area contributed by atoms with Gasteiger partial charge in [-0.15, -0.1) is 4.91 Å². The van der Waals surface area contributed by atoms with Crippen LogP contribution in [0.25, 0.3) is 10.9 Å². The van der Waals surface area contributed by atoms with Gasteiger partial charge in [-0.25, -0.2) is 9.98 Å². The smallest absolute Gasteiger partial charge is 0.230 e. The van der Waals surface area contributed by atoms with E-state index in [-0.39, 0.29) is 11.6 Å². The van der Waals surface area contributed by atoms with E-state index in [0.29, 0.717) is 33.9 Å². The van der Waals surface area contributed by atoms with Crippen LogP contribution in [0, 0.1) is 4.91 Å². The summed E-state index contributed by atoms with van der Waals surface area (Å²) in [5.41, 5.74) is 2.80. The highest BCUT2D eigenvalue weighted by Crippen LogP contribution is 2.36. The number of hydrogen-bond donors (Lipinski definition) is 1. The molecule has 0 atom stereocenters. The van der Waals surface area contributed by atoms with E-state index in [1.54, 1.807) is 18.3 Å². The number of carbonyl (C=O) groups is 1. The zero-order valence-corrected chi connectivity index (χ0v) is 21.7. The Labute approximate surface area is 221 Å². The minimum Gasteiger partial charge on any atom is -0.494 e. The summed E-state index contributed by atoms with van der Waals surface area (Å²) in [6, 6.07) is 18.5. The van der Waals surface area contributed by atoms with E-state index in [2.05, 4.69) is 29.1 Å². The van der Waals surface area contributed by atoms with Gasteiger partial charge in [-0.2, -0.15) is 0 Å². The first-order valence-corrected chi connectivity index (χ1v) is 12.6. The van der Waals surface area contributed by atoms with Crippen LogP contribution in [-0.2, 0) is 0 Å². The first-order valence-electron chi connectivity index (χ1n) is 12.6. The number of nitrogens with zero attached hydrogens (tertiary/aromatic N) is 6. The molecule has 2 aromatic heterocycles. The molecule has 5 rings (SSSR count). The van der Waals surface area contributed by atoms with Gasteiger partial charge in [-0.1, -0.05) is 30.3 Å². The van der Waals surface area contributed by atoms with Crippen molar-refractivity contribution in [2.45, 2.75) is 25.8 Å². The van der Waals surface area contributed by atoms with Crippen LogP contribution in [0.2, 0.25) is 0 Å². The van der Waals surface area contributed by atoms with E-state index in [1.165, 1.54) is 17.6 Å². The van der Waals surface area contributed by atoms with Crippen LogP contribution in [0.1, 0.15) is 35.7 Å². The molecule has 0 aliphatic carbocycles. The van der Waals surface area contributed by atoms with E-state index in [0.717, 1.165) is 37.3 Å². The van der Waals surface area contributed by atoms with Gasteiger partial charge in [0.05, 0.1) is 28.7 Å². The Hall–Kier alpha value is -4.37. The molecule has 4 aromatic rings. The van der Waals surface area contributed by atoms with Crippen molar-refractivity contribution >= 4 is 39.7 Å². The second kappa shape index (κ2) is 10.5. The number of hydrogen-bond acceptors (Lipinski definition) is 8. The summed E-state index contributed by atoms with van der Waals surface area (Å²) in [7, 11) is 4.23. The maximum Gasteiger partial charge on any atom is 0.230 e. The van der Waals surface area contributed by atoms with Gasteiger partial charge >= 0.3 is 0 Å². The number of aromatic hydroxyl groups is 1.